The summed E-state index contributed by atoms with van der Waals surface area (Å²) in [7, 11) is 1.71. The highest BCUT2D eigenvalue weighted by atomic mass is 19.4. The summed E-state index contributed by atoms with van der Waals surface area (Å²) in [5, 5.41) is 8.18. The van der Waals surface area contributed by atoms with Crippen LogP contribution in [0.3, 0.4) is 0 Å². The molecule has 0 bridgehead atoms. The second kappa shape index (κ2) is 9.40. The van der Waals surface area contributed by atoms with Crippen LogP contribution in [0.5, 0.6) is 0 Å². The summed E-state index contributed by atoms with van der Waals surface area (Å²) in [5.41, 5.74) is -0.0760. The van der Waals surface area contributed by atoms with Crippen molar-refractivity contribution < 1.29 is 26.7 Å². The molecule has 0 saturated carbocycles. The van der Waals surface area contributed by atoms with Gasteiger partial charge in [0.15, 0.2) is 0 Å². The Morgan fingerprint density at radius 2 is 1.71 bits per heavy atom. The molecule has 2 amide bonds. The number of benzene rings is 1. The van der Waals surface area contributed by atoms with E-state index >= 15 is 0 Å². The second-order valence-corrected chi connectivity index (χ2v) is 8.52. The summed E-state index contributed by atoms with van der Waals surface area (Å²) in [4.78, 5) is 21.0. The number of carbonyl (C=O) groups is 1. The van der Waals surface area contributed by atoms with E-state index in [4.69, 9.17) is 0 Å². The Kier molecular flexibility index (Phi) is 6.94. The second-order valence-electron chi connectivity index (χ2n) is 8.52. The van der Waals surface area contributed by atoms with Gasteiger partial charge < -0.3 is 16.0 Å². The molecule has 0 atom stereocenters. The van der Waals surface area contributed by atoms with Crippen LogP contribution in [0.2, 0.25) is 0 Å². The first-order valence-corrected chi connectivity index (χ1v) is 10.4. The molecule has 34 heavy (non-hydrogen) atoms. The fraction of sp³-hybridized carbons (Fsp3) is 0.348. The van der Waals surface area contributed by atoms with E-state index in [0.29, 0.717) is 34.0 Å². The summed E-state index contributed by atoms with van der Waals surface area (Å²) in [6.45, 7) is 4.50. The molecule has 3 rings (SSSR count). The number of aromatic nitrogens is 2. The van der Waals surface area contributed by atoms with E-state index in [2.05, 4.69) is 25.9 Å². The van der Waals surface area contributed by atoms with Gasteiger partial charge in [-0.1, -0.05) is 0 Å². The minimum atomic E-state index is -4.37. The van der Waals surface area contributed by atoms with Gasteiger partial charge in [0, 0.05) is 59.5 Å². The van der Waals surface area contributed by atoms with Gasteiger partial charge in [-0.05, 0) is 39.3 Å². The minimum absolute atomic E-state index is 0.00220. The number of alkyl halides is 3. The molecule has 3 N–H and O–H groups in total. The van der Waals surface area contributed by atoms with E-state index in [0.717, 1.165) is 6.07 Å². The number of hydrogen-bond acceptors (Lipinski definition) is 4. The summed E-state index contributed by atoms with van der Waals surface area (Å²) in [6.07, 6.45) is -4.27. The van der Waals surface area contributed by atoms with Crippen LogP contribution in [0.25, 0.3) is 22.0 Å². The highest BCUT2D eigenvalue weighted by Crippen LogP contribution is 2.32. The Balaban J connectivity index is 1.88. The van der Waals surface area contributed by atoms with Crippen LogP contribution in [0.15, 0.2) is 30.5 Å². The molecule has 0 aliphatic carbocycles. The first-order valence-electron chi connectivity index (χ1n) is 10.4. The van der Waals surface area contributed by atoms with Crippen molar-refractivity contribution in [2.75, 3.05) is 17.7 Å². The van der Waals surface area contributed by atoms with Gasteiger partial charge >= 0.3 is 12.2 Å². The number of fused-ring (bicyclic) bond motifs is 1. The zero-order valence-corrected chi connectivity index (χ0v) is 19.0. The summed E-state index contributed by atoms with van der Waals surface area (Å²) < 4.78 is 66.7. The van der Waals surface area contributed by atoms with Crippen LogP contribution in [0, 0.1) is 18.6 Å². The van der Waals surface area contributed by atoms with Gasteiger partial charge in [-0.25, -0.2) is 18.6 Å². The van der Waals surface area contributed by atoms with Crippen LogP contribution in [0.1, 0.15) is 32.4 Å². The van der Waals surface area contributed by atoms with Crippen LogP contribution < -0.4 is 16.0 Å². The number of carbonyl (C=O) groups excluding carboxylic acids is 1. The number of nitrogens with zero attached hydrogens (tertiary/aromatic N) is 2. The monoisotopic (exact) mass is 481 g/mol. The van der Waals surface area contributed by atoms with Crippen molar-refractivity contribution in [2.24, 2.45) is 0 Å². The average molecular weight is 481 g/mol. The van der Waals surface area contributed by atoms with Gasteiger partial charge in [0.05, 0.1) is 11.2 Å². The van der Waals surface area contributed by atoms with E-state index in [-0.39, 0.29) is 17.7 Å². The van der Waals surface area contributed by atoms with Crippen molar-refractivity contribution in [1.29, 1.82) is 0 Å². The summed E-state index contributed by atoms with van der Waals surface area (Å²) in [5.74, 6) is -1.29. The molecule has 0 aliphatic heterocycles. The third-order valence-corrected chi connectivity index (χ3v) is 5.23. The topological polar surface area (TPSA) is 78.9 Å². The van der Waals surface area contributed by atoms with Crippen molar-refractivity contribution in [3.8, 4) is 11.1 Å². The Hall–Kier alpha value is -3.50. The maximum absolute atomic E-state index is 14.7. The molecule has 0 aliphatic rings. The molecule has 6 nitrogen and oxygen atoms in total. The lowest BCUT2D eigenvalue weighted by atomic mass is 9.98. The molecule has 0 saturated heterocycles. The van der Waals surface area contributed by atoms with E-state index in [1.54, 1.807) is 32.3 Å². The lowest BCUT2D eigenvalue weighted by Gasteiger charge is -2.27. The molecule has 2 aromatic heterocycles. The quantitative estimate of drug-likeness (QED) is 0.368. The fourth-order valence-corrected chi connectivity index (χ4v) is 3.40. The average Bonchev–Trinajstić information content (AvgIpc) is 2.73. The Morgan fingerprint density at radius 1 is 1.00 bits per heavy atom. The van der Waals surface area contributed by atoms with Crippen molar-refractivity contribution in [1.82, 2.24) is 15.3 Å². The Morgan fingerprint density at radius 3 is 2.35 bits per heavy atom. The standard InChI is InChI=1S/C23H24F5N5O/c1-12-14(7-13-11-30-20(29-4)10-18(13)31-12)15-8-19(17(25)9-16(15)24)32-21(34)33-22(2,3)5-6-23(26,27)28/h7-11H,5-6H2,1-4H3,(H,29,30)(H2,32,33,34). The number of rotatable bonds is 6. The van der Waals surface area contributed by atoms with Gasteiger partial charge in [0.2, 0.25) is 0 Å². The van der Waals surface area contributed by atoms with Gasteiger partial charge in [0.1, 0.15) is 17.5 Å². The molecule has 2 heterocycles. The summed E-state index contributed by atoms with van der Waals surface area (Å²) in [6, 6.07) is 4.22. The van der Waals surface area contributed by atoms with Crippen LogP contribution >= 0.6 is 0 Å². The molecular weight excluding hydrogens is 457 g/mol. The SMILES string of the molecule is CNc1cc2nc(C)c(-c3cc(NC(=O)NC(C)(C)CCC(F)(F)F)c(F)cc3F)cc2cn1. The normalized spacial score (nSPS) is 12.0. The van der Waals surface area contributed by atoms with Crippen LogP contribution in [-0.2, 0) is 0 Å². The van der Waals surface area contributed by atoms with Gasteiger partial charge in [0.25, 0.3) is 0 Å². The predicted octanol–water partition coefficient (Wildman–Crippen LogP) is 6.17. The number of hydrogen-bond donors (Lipinski definition) is 3. The molecule has 0 unspecified atom stereocenters. The van der Waals surface area contributed by atoms with Gasteiger partial charge in [-0.15, -0.1) is 0 Å². The maximum atomic E-state index is 14.7. The fourth-order valence-electron chi connectivity index (χ4n) is 3.40. The number of nitrogens with one attached hydrogen (secondary N) is 3. The van der Waals surface area contributed by atoms with Gasteiger partial charge in [-0.3, -0.25) is 4.98 Å². The number of anilines is 2. The third kappa shape index (κ3) is 6.09. The van der Waals surface area contributed by atoms with E-state index < -0.39 is 35.8 Å². The van der Waals surface area contributed by atoms with Gasteiger partial charge in [-0.2, -0.15) is 13.2 Å². The number of urea groups is 1. The van der Waals surface area contributed by atoms with E-state index in [9.17, 15) is 26.7 Å². The smallest absolute Gasteiger partial charge is 0.373 e. The summed E-state index contributed by atoms with van der Waals surface area (Å²) >= 11 is 0. The number of halogens is 5. The molecule has 1 aromatic carbocycles. The zero-order valence-electron chi connectivity index (χ0n) is 19.0. The largest absolute Gasteiger partial charge is 0.389 e. The van der Waals surface area contributed by atoms with E-state index in [1.807, 2.05) is 0 Å². The Labute approximate surface area is 193 Å². The third-order valence-electron chi connectivity index (χ3n) is 5.23. The zero-order chi connectivity index (χ0) is 25.3. The lowest BCUT2D eigenvalue weighted by Crippen LogP contribution is -2.46. The molecule has 11 heteroatoms. The van der Waals surface area contributed by atoms with Crippen molar-refractivity contribution in [3.05, 3.63) is 47.8 Å². The number of pyridine rings is 2. The molecule has 0 fully saturated rings. The highest BCUT2D eigenvalue weighted by molar-refractivity contribution is 5.92. The number of amides is 2. The number of aryl methyl sites for hydroxylation is 1. The molecular formula is C23H24F5N5O. The first kappa shape index (κ1) is 25.1. The van der Waals surface area contributed by atoms with Crippen molar-refractivity contribution >= 4 is 28.4 Å². The van der Waals surface area contributed by atoms with Crippen LogP contribution in [0.4, 0.5) is 38.3 Å². The minimum Gasteiger partial charge on any atom is -0.373 e. The molecule has 0 radical (unpaired) electrons. The van der Waals surface area contributed by atoms with Crippen LogP contribution in [-0.4, -0.2) is 34.8 Å². The molecule has 0 spiro atoms. The first-order chi connectivity index (χ1) is 15.8. The van der Waals surface area contributed by atoms with Crippen molar-refractivity contribution in [2.45, 2.75) is 45.3 Å². The predicted molar refractivity (Wildman–Crippen MR) is 121 cm³/mol. The maximum Gasteiger partial charge on any atom is 0.389 e. The highest BCUT2D eigenvalue weighted by Gasteiger charge is 2.32. The molecule has 182 valence electrons. The lowest BCUT2D eigenvalue weighted by molar-refractivity contribution is -0.138. The molecule has 3 aromatic rings. The Bertz CT molecular complexity index is 1230. The van der Waals surface area contributed by atoms with E-state index in [1.165, 1.54) is 13.8 Å². The van der Waals surface area contributed by atoms with Crippen molar-refractivity contribution in [3.63, 3.8) is 0 Å².